The zero-order chi connectivity index (χ0) is 12.1. The molecule has 0 atom stereocenters. The van der Waals surface area contributed by atoms with Crippen molar-refractivity contribution >= 4 is 17.6 Å². The normalized spacial score (nSPS) is 9.82. The summed E-state index contributed by atoms with van der Waals surface area (Å²) in [5.74, 6) is 0. The summed E-state index contributed by atoms with van der Waals surface area (Å²) in [6.45, 7) is 0. The first-order valence-corrected chi connectivity index (χ1v) is 5.96. The molecule has 5 heteroatoms. The fourth-order valence-corrected chi connectivity index (χ4v) is 2.19. The van der Waals surface area contributed by atoms with Crippen LogP contribution in [0.1, 0.15) is 17.8 Å². The number of nitrogens with zero attached hydrogens (tertiary/aromatic N) is 3. The molecular weight excluding hydrogens is 234 g/mol. The van der Waals surface area contributed by atoms with Gasteiger partial charge in [-0.15, -0.1) is 11.3 Å². The number of rotatable bonds is 4. The summed E-state index contributed by atoms with van der Waals surface area (Å²) in [6, 6.07) is 5.47. The Morgan fingerprint density at radius 3 is 3.00 bits per heavy atom. The van der Waals surface area contributed by atoms with E-state index in [1.54, 1.807) is 12.3 Å². The highest BCUT2D eigenvalue weighted by atomic mass is 32.1. The van der Waals surface area contributed by atoms with Crippen molar-refractivity contribution in [1.29, 1.82) is 5.26 Å². The predicted molar refractivity (Wildman–Crippen MR) is 64.4 cm³/mol. The van der Waals surface area contributed by atoms with Gasteiger partial charge >= 0.3 is 0 Å². The number of thiazole rings is 1. The second-order valence-electron chi connectivity index (χ2n) is 3.39. The molecule has 0 saturated heterocycles. The standard InChI is InChI=1S/C12H9N3OS/c13-6-10-4-3-9(7-14-10)12-15-11(8-17-12)2-1-5-16/h3-5,7-8H,1-2H2. The largest absolute Gasteiger partial charge is 0.303 e. The fraction of sp³-hybridized carbons (Fsp3) is 0.167. The molecule has 2 heterocycles. The van der Waals surface area contributed by atoms with Crippen LogP contribution in [0, 0.1) is 11.3 Å². The van der Waals surface area contributed by atoms with Gasteiger partial charge in [0.15, 0.2) is 0 Å². The lowest BCUT2D eigenvalue weighted by Crippen LogP contribution is -1.87. The van der Waals surface area contributed by atoms with Crippen molar-refractivity contribution in [1.82, 2.24) is 9.97 Å². The molecule has 84 valence electrons. The van der Waals surface area contributed by atoms with Crippen LogP contribution in [0.25, 0.3) is 10.6 Å². The highest BCUT2D eigenvalue weighted by molar-refractivity contribution is 7.13. The third kappa shape index (κ3) is 2.74. The van der Waals surface area contributed by atoms with Crippen LogP contribution < -0.4 is 0 Å². The van der Waals surface area contributed by atoms with Gasteiger partial charge in [0.05, 0.1) is 5.69 Å². The number of hydrogen-bond acceptors (Lipinski definition) is 5. The van der Waals surface area contributed by atoms with Crippen LogP contribution in [0.2, 0.25) is 0 Å². The third-order valence-corrected chi connectivity index (χ3v) is 3.14. The van der Waals surface area contributed by atoms with E-state index in [0.29, 0.717) is 18.5 Å². The second kappa shape index (κ2) is 5.32. The Morgan fingerprint density at radius 2 is 2.35 bits per heavy atom. The van der Waals surface area contributed by atoms with Crippen LogP contribution in [0.15, 0.2) is 23.7 Å². The first-order chi connectivity index (χ1) is 8.33. The predicted octanol–water partition coefficient (Wildman–Crippen LogP) is 2.21. The molecule has 0 amide bonds. The van der Waals surface area contributed by atoms with Crippen LogP contribution >= 0.6 is 11.3 Å². The molecule has 0 aromatic carbocycles. The SMILES string of the molecule is N#Cc1ccc(-c2nc(CCC=O)cs2)cn1. The number of nitriles is 1. The molecule has 0 bridgehead atoms. The van der Waals surface area contributed by atoms with Gasteiger partial charge in [-0.25, -0.2) is 9.97 Å². The third-order valence-electron chi connectivity index (χ3n) is 2.20. The topological polar surface area (TPSA) is 66.6 Å². The molecule has 2 rings (SSSR count). The number of carbonyl (C=O) groups is 1. The first kappa shape index (κ1) is 11.4. The minimum absolute atomic E-state index is 0.395. The molecule has 17 heavy (non-hydrogen) atoms. The fourth-order valence-electron chi connectivity index (χ4n) is 1.35. The summed E-state index contributed by atoms with van der Waals surface area (Å²) >= 11 is 1.52. The van der Waals surface area contributed by atoms with E-state index in [2.05, 4.69) is 9.97 Å². The quantitative estimate of drug-likeness (QED) is 0.772. The van der Waals surface area contributed by atoms with Gasteiger partial charge < -0.3 is 4.79 Å². The van der Waals surface area contributed by atoms with E-state index in [-0.39, 0.29) is 0 Å². The summed E-state index contributed by atoms with van der Waals surface area (Å²) in [7, 11) is 0. The molecule has 2 aromatic heterocycles. The lowest BCUT2D eigenvalue weighted by molar-refractivity contribution is -0.107. The van der Waals surface area contributed by atoms with E-state index in [1.165, 1.54) is 11.3 Å². The van der Waals surface area contributed by atoms with Crippen molar-refractivity contribution in [3.05, 3.63) is 35.1 Å². The van der Waals surface area contributed by atoms with Crippen LogP contribution in [0.4, 0.5) is 0 Å². The van der Waals surface area contributed by atoms with Crippen LogP contribution in [-0.2, 0) is 11.2 Å². The van der Waals surface area contributed by atoms with Gasteiger partial charge in [0.2, 0.25) is 0 Å². The van der Waals surface area contributed by atoms with Crippen molar-refractivity contribution < 1.29 is 4.79 Å². The number of aromatic nitrogens is 2. The number of hydrogen-bond donors (Lipinski definition) is 0. The molecule has 4 nitrogen and oxygen atoms in total. The summed E-state index contributed by atoms with van der Waals surface area (Å²) < 4.78 is 0. The maximum atomic E-state index is 10.3. The Labute approximate surface area is 103 Å². The molecule has 2 aromatic rings. The van der Waals surface area contributed by atoms with Crippen LogP contribution in [-0.4, -0.2) is 16.3 Å². The lowest BCUT2D eigenvalue weighted by Gasteiger charge is -1.94. The van der Waals surface area contributed by atoms with Gasteiger partial charge in [-0.1, -0.05) is 0 Å². The Hall–Kier alpha value is -2.06. The van der Waals surface area contributed by atoms with Gasteiger partial charge in [0.1, 0.15) is 23.1 Å². The Bertz CT molecular complexity index is 554. The lowest BCUT2D eigenvalue weighted by atomic mass is 10.2. The maximum absolute atomic E-state index is 10.3. The molecular formula is C12H9N3OS. The van der Waals surface area contributed by atoms with E-state index >= 15 is 0 Å². The number of pyridine rings is 1. The van der Waals surface area contributed by atoms with E-state index in [1.807, 2.05) is 17.5 Å². The highest BCUT2D eigenvalue weighted by Crippen LogP contribution is 2.23. The first-order valence-electron chi connectivity index (χ1n) is 5.08. The van der Waals surface area contributed by atoms with Crippen molar-refractivity contribution in [2.45, 2.75) is 12.8 Å². The zero-order valence-electron chi connectivity index (χ0n) is 8.96. The molecule has 0 fully saturated rings. The Kier molecular flexibility index (Phi) is 3.58. The molecule has 0 unspecified atom stereocenters. The van der Waals surface area contributed by atoms with E-state index in [9.17, 15) is 4.79 Å². The average molecular weight is 243 g/mol. The number of carbonyl (C=O) groups excluding carboxylic acids is 1. The summed E-state index contributed by atoms with van der Waals surface area (Å²) in [5, 5.41) is 11.4. The van der Waals surface area contributed by atoms with E-state index < -0.39 is 0 Å². The molecule has 0 saturated carbocycles. The summed E-state index contributed by atoms with van der Waals surface area (Å²) in [6.07, 6.45) is 3.70. The Morgan fingerprint density at radius 1 is 1.47 bits per heavy atom. The van der Waals surface area contributed by atoms with Crippen LogP contribution in [0.5, 0.6) is 0 Å². The van der Waals surface area contributed by atoms with Gasteiger partial charge in [0.25, 0.3) is 0 Å². The number of aryl methyl sites for hydroxylation is 1. The molecule has 0 spiro atoms. The average Bonchev–Trinajstić information content (AvgIpc) is 2.85. The van der Waals surface area contributed by atoms with Crippen molar-refractivity contribution in [2.75, 3.05) is 0 Å². The maximum Gasteiger partial charge on any atom is 0.140 e. The van der Waals surface area contributed by atoms with Gasteiger partial charge in [0, 0.05) is 23.6 Å². The minimum atomic E-state index is 0.395. The monoisotopic (exact) mass is 243 g/mol. The molecule has 0 aliphatic rings. The molecule has 0 radical (unpaired) electrons. The van der Waals surface area contributed by atoms with Crippen molar-refractivity contribution in [3.8, 4) is 16.6 Å². The van der Waals surface area contributed by atoms with E-state index in [0.717, 1.165) is 22.6 Å². The van der Waals surface area contributed by atoms with Gasteiger partial charge in [-0.2, -0.15) is 5.26 Å². The summed E-state index contributed by atoms with van der Waals surface area (Å²) in [4.78, 5) is 18.7. The van der Waals surface area contributed by atoms with Crippen LogP contribution in [0.3, 0.4) is 0 Å². The van der Waals surface area contributed by atoms with Crippen molar-refractivity contribution in [3.63, 3.8) is 0 Å². The molecule has 0 aliphatic carbocycles. The highest BCUT2D eigenvalue weighted by Gasteiger charge is 2.05. The smallest absolute Gasteiger partial charge is 0.140 e. The Balaban J connectivity index is 2.18. The van der Waals surface area contributed by atoms with E-state index in [4.69, 9.17) is 5.26 Å². The van der Waals surface area contributed by atoms with Crippen molar-refractivity contribution in [2.24, 2.45) is 0 Å². The molecule has 0 aliphatic heterocycles. The summed E-state index contributed by atoms with van der Waals surface area (Å²) in [5.41, 5.74) is 2.21. The zero-order valence-corrected chi connectivity index (χ0v) is 9.78. The molecule has 0 N–H and O–H groups in total. The second-order valence-corrected chi connectivity index (χ2v) is 4.25. The van der Waals surface area contributed by atoms with Gasteiger partial charge in [-0.3, -0.25) is 0 Å². The van der Waals surface area contributed by atoms with Gasteiger partial charge in [-0.05, 0) is 18.6 Å². The minimum Gasteiger partial charge on any atom is -0.303 e. The number of aldehydes is 1.